The van der Waals surface area contributed by atoms with E-state index in [1.807, 2.05) is 35.8 Å². The number of para-hydroxylation sites is 1. The Balaban J connectivity index is 1.65. The van der Waals surface area contributed by atoms with Gasteiger partial charge in [0, 0.05) is 47.8 Å². The topological polar surface area (TPSA) is 39.3 Å². The second kappa shape index (κ2) is 5.48. The number of hydrogen-bond donors (Lipinski definition) is 1. The van der Waals surface area contributed by atoms with Gasteiger partial charge in [-0.2, -0.15) is 0 Å². The minimum atomic E-state index is 0.0281. The Kier molecular flexibility index (Phi) is 3.59. The second-order valence-electron chi connectivity index (χ2n) is 6.03. The first-order valence-electron chi connectivity index (χ1n) is 7.50. The molecule has 0 saturated carbocycles. The van der Waals surface area contributed by atoms with Crippen molar-refractivity contribution in [2.75, 3.05) is 25.2 Å². The van der Waals surface area contributed by atoms with Gasteiger partial charge in [0.2, 0.25) is 5.91 Å². The largest absolute Gasteiger partial charge is 0.357 e. The van der Waals surface area contributed by atoms with E-state index < -0.39 is 0 Å². The summed E-state index contributed by atoms with van der Waals surface area (Å²) in [6, 6.07) is 5.99. The quantitative estimate of drug-likeness (QED) is 0.871. The number of carbonyl (C=O) groups is 1. The molecule has 116 valence electrons. The molecule has 6 heteroatoms. The van der Waals surface area contributed by atoms with Gasteiger partial charge in [0.15, 0.2) is 0 Å². The van der Waals surface area contributed by atoms with E-state index in [1.54, 1.807) is 0 Å². The summed E-state index contributed by atoms with van der Waals surface area (Å²) in [6.07, 6.45) is 0.871. The molecule has 2 aromatic rings. The number of carbonyl (C=O) groups excluding carboxylic acids is 1. The zero-order chi connectivity index (χ0) is 15.3. The summed E-state index contributed by atoms with van der Waals surface area (Å²) in [5.41, 5.74) is 3.45. The summed E-state index contributed by atoms with van der Waals surface area (Å²) in [6.45, 7) is 1.47. The smallest absolute Gasteiger partial charge is 0.241 e. The summed E-state index contributed by atoms with van der Waals surface area (Å²) in [5, 5.41) is 1.89. The molecule has 1 saturated heterocycles. The minimum Gasteiger partial charge on any atom is -0.357 e. The molecule has 1 amide bonds. The maximum Gasteiger partial charge on any atom is 0.241 e. The standard InChI is InChI=1S/C16H18ClN3OS/c1-19-9-22-8-14(19)16(21)20-6-5-13-11(7-20)10-3-2-4-12(17)15(10)18-13/h2-4,14,18H,5-9H2,1H3/t14-/m0/s1. The van der Waals surface area contributed by atoms with Crippen LogP contribution >= 0.6 is 23.4 Å². The second-order valence-corrected chi connectivity index (χ2v) is 7.43. The van der Waals surface area contributed by atoms with Crippen LogP contribution in [-0.4, -0.2) is 52.0 Å². The first-order chi connectivity index (χ1) is 10.6. The highest BCUT2D eigenvalue weighted by molar-refractivity contribution is 7.99. The van der Waals surface area contributed by atoms with Crippen LogP contribution in [0.5, 0.6) is 0 Å². The number of thioether (sulfide) groups is 1. The molecule has 2 aliphatic heterocycles. The highest BCUT2D eigenvalue weighted by Crippen LogP contribution is 2.32. The fourth-order valence-electron chi connectivity index (χ4n) is 3.39. The molecule has 1 atom stereocenters. The molecule has 0 aliphatic carbocycles. The van der Waals surface area contributed by atoms with Gasteiger partial charge in [0.25, 0.3) is 0 Å². The van der Waals surface area contributed by atoms with Crippen LogP contribution < -0.4 is 0 Å². The predicted molar refractivity (Wildman–Crippen MR) is 91.3 cm³/mol. The molecule has 0 spiro atoms. The van der Waals surface area contributed by atoms with Crippen molar-refractivity contribution in [2.24, 2.45) is 0 Å². The monoisotopic (exact) mass is 335 g/mol. The zero-order valence-corrected chi connectivity index (χ0v) is 14.0. The van der Waals surface area contributed by atoms with E-state index in [0.29, 0.717) is 6.54 Å². The van der Waals surface area contributed by atoms with Crippen molar-refractivity contribution in [1.29, 1.82) is 0 Å². The van der Waals surface area contributed by atoms with Crippen molar-refractivity contribution in [3.63, 3.8) is 0 Å². The molecule has 1 fully saturated rings. The number of nitrogens with one attached hydrogen (secondary N) is 1. The van der Waals surface area contributed by atoms with Crippen molar-refractivity contribution in [2.45, 2.75) is 19.0 Å². The SMILES string of the molecule is CN1CSC[C@H]1C(=O)N1CCc2[nH]c3c(Cl)cccc3c2C1. The van der Waals surface area contributed by atoms with Gasteiger partial charge < -0.3 is 9.88 Å². The van der Waals surface area contributed by atoms with E-state index in [0.717, 1.165) is 40.5 Å². The number of nitrogens with zero attached hydrogens (tertiary/aromatic N) is 2. The number of aromatic nitrogens is 1. The van der Waals surface area contributed by atoms with Gasteiger partial charge in [-0.05, 0) is 13.1 Å². The predicted octanol–water partition coefficient (Wildman–Crippen LogP) is 2.71. The summed E-state index contributed by atoms with van der Waals surface area (Å²) in [7, 11) is 2.03. The van der Waals surface area contributed by atoms with Gasteiger partial charge in [-0.25, -0.2) is 0 Å². The van der Waals surface area contributed by atoms with Gasteiger partial charge in [-0.3, -0.25) is 9.69 Å². The molecular weight excluding hydrogens is 318 g/mol. The third-order valence-corrected chi connectivity index (χ3v) is 6.12. The Morgan fingerprint density at radius 3 is 3.09 bits per heavy atom. The Bertz CT molecular complexity index is 744. The first-order valence-corrected chi connectivity index (χ1v) is 9.03. The Morgan fingerprint density at radius 1 is 1.45 bits per heavy atom. The van der Waals surface area contributed by atoms with Crippen molar-refractivity contribution < 1.29 is 4.79 Å². The average molecular weight is 336 g/mol. The van der Waals surface area contributed by atoms with E-state index in [2.05, 4.69) is 16.0 Å². The van der Waals surface area contributed by atoms with Crippen LogP contribution in [0.15, 0.2) is 18.2 Å². The number of halogens is 1. The molecule has 0 bridgehead atoms. The molecule has 0 unspecified atom stereocenters. The maximum atomic E-state index is 12.8. The van der Waals surface area contributed by atoms with E-state index in [4.69, 9.17) is 11.6 Å². The number of H-pyrrole nitrogens is 1. The molecule has 0 radical (unpaired) electrons. The third kappa shape index (κ3) is 2.23. The molecule has 4 rings (SSSR count). The lowest BCUT2D eigenvalue weighted by molar-refractivity contribution is -0.136. The van der Waals surface area contributed by atoms with Gasteiger partial charge in [0.1, 0.15) is 0 Å². The Hall–Kier alpha value is -1.17. The number of likely N-dealkylation sites (N-methyl/N-ethyl adjacent to an activating group) is 1. The number of amides is 1. The highest BCUT2D eigenvalue weighted by atomic mass is 35.5. The number of aromatic amines is 1. The summed E-state index contributed by atoms with van der Waals surface area (Å²) in [5.74, 6) is 2.10. The van der Waals surface area contributed by atoms with Crippen LogP contribution in [0, 0.1) is 0 Å². The lowest BCUT2D eigenvalue weighted by Crippen LogP contribution is -2.47. The first kappa shape index (κ1) is 14.4. The molecule has 1 aromatic heterocycles. The van der Waals surface area contributed by atoms with Crippen LogP contribution in [0.25, 0.3) is 10.9 Å². The van der Waals surface area contributed by atoms with Crippen LogP contribution in [-0.2, 0) is 17.8 Å². The van der Waals surface area contributed by atoms with Crippen LogP contribution in [0.4, 0.5) is 0 Å². The van der Waals surface area contributed by atoms with Crippen LogP contribution in [0.3, 0.4) is 0 Å². The van der Waals surface area contributed by atoms with E-state index in [-0.39, 0.29) is 11.9 Å². The molecule has 4 nitrogen and oxygen atoms in total. The lowest BCUT2D eigenvalue weighted by atomic mass is 10.0. The van der Waals surface area contributed by atoms with Gasteiger partial charge >= 0.3 is 0 Å². The molecular formula is C16H18ClN3OS. The van der Waals surface area contributed by atoms with Crippen molar-refractivity contribution in [3.8, 4) is 0 Å². The number of rotatable bonds is 1. The van der Waals surface area contributed by atoms with Gasteiger partial charge in [-0.1, -0.05) is 23.7 Å². The molecule has 1 N–H and O–H groups in total. The van der Waals surface area contributed by atoms with E-state index in [9.17, 15) is 4.79 Å². The third-order valence-electron chi connectivity index (χ3n) is 4.66. The highest BCUT2D eigenvalue weighted by Gasteiger charge is 2.34. The number of benzene rings is 1. The average Bonchev–Trinajstić information content (AvgIpc) is 3.10. The summed E-state index contributed by atoms with van der Waals surface area (Å²) < 4.78 is 0. The fourth-order valence-corrected chi connectivity index (χ4v) is 4.80. The van der Waals surface area contributed by atoms with Crippen molar-refractivity contribution in [1.82, 2.24) is 14.8 Å². The number of hydrogen-bond acceptors (Lipinski definition) is 3. The zero-order valence-electron chi connectivity index (χ0n) is 12.4. The minimum absolute atomic E-state index is 0.0281. The van der Waals surface area contributed by atoms with Crippen molar-refractivity contribution in [3.05, 3.63) is 34.5 Å². The van der Waals surface area contributed by atoms with Crippen LogP contribution in [0.2, 0.25) is 5.02 Å². The van der Waals surface area contributed by atoms with Gasteiger partial charge in [-0.15, -0.1) is 11.8 Å². The summed E-state index contributed by atoms with van der Waals surface area (Å²) >= 11 is 8.11. The fraction of sp³-hybridized carbons (Fsp3) is 0.438. The van der Waals surface area contributed by atoms with Crippen molar-refractivity contribution >= 4 is 40.2 Å². The van der Waals surface area contributed by atoms with Gasteiger partial charge in [0.05, 0.1) is 16.6 Å². The normalized spacial score (nSPS) is 22.3. The lowest BCUT2D eigenvalue weighted by Gasteiger charge is -2.31. The maximum absolute atomic E-state index is 12.8. The van der Waals surface area contributed by atoms with Crippen LogP contribution in [0.1, 0.15) is 11.3 Å². The number of fused-ring (bicyclic) bond motifs is 3. The van der Waals surface area contributed by atoms with E-state index >= 15 is 0 Å². The molecule has 3 heterocycles. The molecule has 22 heavy (non-hydrogen) atoms. The Labute approximate surface area is 138 Å². The molecule has 2 aliphatic rings. The Morgan fingerprint density at radius 2 is 2.32 bits per heavy atom. The summed E-state index contributed by atoms with van der Waals surface area (Å²) in [4.78, 5) is 20.4. The van der Waals surface area contributed by atoms with E-state index in [1.165, 1.54) is 11.3 Å². The molecule has 1 aromatic carbocycles.